The Kier molecular flexibility index (Phi) is 25.8. The summed E-state index contributed by atoms with van der Waals surface area (Å²) >= 11 is 0. The van der Waals surface area contributed by atoms with E-state index >= 15 is 0 Å². The van der Waals surface area contributed by atoms with Gasteiger partial charge in [-0.3, -0.25) is 0 Å². The molecule has 0 rings (SSSR count). The van der Waals surface area contributed by atoms with Gasteiger partial charge in [0, 0.05) is 0 Å². The molecule has 0 radical (unpaired) electrons. The summed E-state index contributed by atoms with van der Waals surface area (Å²) in [5.74, 6) is 0. The fourth-order valence-corrected chi connectivity index (χ4v) is 5.09. The van der Waals surface area contributed by atoms with Gasteiger partial charge >= 0.3 is 29.6 Å². The average Bonchev–Trinajstić information content (AvgIpc) is 2.72. The van der Waals surface area contributed by atoms with E-state index in [1.165, 1.54) is 83.5 Å². The first-order valence-electron chi connectivity index (χ1n) is 13.5. The van der Waals surface area contributed by atoms with Crippen LogP contribution in [0.1, 0.15) is 162 Å². The molecule has 6 heteroatoms. The standard InChI is InChI=1S/C26H53FO3S.Na/c1-3-5-7-9-11-12-13-14-15-16-17-19-21-23-25-26(27,31(28,29)30)24-22-20-18-10-8-6-4-2;/h3-25H2,1-2H3,(H,28,29,30);/q;+1/p-1. The fourth-order valence-electron chi connectivity index (χ4n) is 4.30. The van der Waals surface area contributed by atoms with Gasteiger partial charge in [-0.2, -0.15) is 0 Å². The molecule has 0 saturated carbocycles. The van der Waals surface area contributed by atoms with Gasteiger partial charge in [-0.25, -0.2) is 12.8 Å². The summed E-state index contributed by atoms with van der Waals surface area (Å²) in [6.45, 7) is 4.41. The molecule has 0 aliphatic carbocycles. The van der Waals surface area contributed by atoms with Crippen molar-refractivity contribution >= 4 is 10.1 Å². The number of hydrogen-bond acceptors (Lipinski definition) is 3. The van der Waals surface area contributed by atoms with E-state index in [1.54, 1.807) is 0 Å². The molecule has 0 amide bonds. The third-order valence-electron chi connectivity index (χ3n) is 6.51. The molecular formula is C26H52FNaO3S. The first-order chi connectivity index (χ1) is 14.9. The van der Waals surface area contributed by atoms with E-state index in [0.717, 1.165) is 38.5 Å². The zero-order valence-electron chi connectivity index (χ0n) is 21.8. The Balaban J connectivity index is 0. The third-order valence-corrected chi connectivity index (χ3v) is 7.81. The van der Waals surface area contributed by atoms with Crippen LogP contribution >= 0.6 is 0 Å². The van der Waals surface area contributed by atoms with Gasteiger partial charge in [0.2, 0.25) is 0 Å². The van der Waals surface area contributed by atoms with Crippen LogP contribution in [0.25, 0.3) is 0 Å². The zero-order valence-corrected chi connectivity index (χ0v) is 24.6. The van der Waals surface area contributed by atoms with Gasteiger partial charge in [-0.1, -0.05) is 136 Å². The van der Waals surface area contributed by atoms with E-state index in [0.29, 0.717) is 12.8 Å². The fraction of sp³-hybridized carbons (Fsp3) is 1.00. The summed E-state index contributed by atoms with van der Waals surface area (Å²) in [5, 5.41) is -2.56. The van der Waals surface area contributed by atoms with Crippen LogP contribution in [-0.4, -0.2) is 18.0 Å². The summed E-state index contributed by atoms with van der Waals surface area (Å²) in [4.78, 5) is 0. The van der Waals surface area contributed by atoms with Crippen LogP contribution < -0.4 is 29.6 Å². The minimum Gasteiger partial charge on any atom is -0.745 e. The topological polar surface area (TPSA) is 57.2 Å². The molecule has 0 saturated heterocycles. The molecule has 0 spiro atoms. The molecule has 0 aromatic heterocycles. The summed E-state index contributed by atoms with van der Waals surface area (Å²) in [7, 11) is -4.90. The molecule has 0 aromatic carbocycles. The molecule has 1 unspecified atom stereocenters. The number of halogens is 1. The van der Waals surface area contributed by atoms with E-state index in [4.69, 9.17) is 0 Å². The average molecular weight is 487 g/mol. The maximum absolute atomic E-state index is 14.9. The second kappa shape index (κ2) is 23.6. The van der Waals surface area contributed by atoms with Crippen molar-refractivity contribution in [3.8, 4) is 0 Å². The number of rotatable bonds is 24. The second-order valence-electron chi connectivity index (χ2n) is 9.55. The van der Waals surface area contributed by atoms with Crippen LogP contribution in [0.4, 0.5) is 4.39 Å². The number of unbranched alkanes of at least 4 members (excludes halogenated alkanes) is 19. The monoisotopic (exact) mass is 486 g/mol. The summed E-state index contributed by atoms with van der Waals surface area (Å²) in [6.07, 6.45) is 23.4. The maximum atomic E-state index is 14.9. The third kappa shape index (κ3) is 20.2. The Labute approximate surface area is 222 Å². The molecule has 188 valence electrons. The van der Waals surface area contributed by atoms with Crippen LogP contribution in [0.5, 0.6) is 0 Å². The molecule has 0 bridgehead atoms. The van der Waals surface area contributed by atoms with Crippen molar-refractivity contribution in [1.82, 2.24) is 0 Å². The van der Waals surface area contributed by atoms with Crippen LogP contribution in [0.3, 0.4) is 0 Å². The summed E-state index contributed by atoms with van der Waals surface area (Å²) < 4.78 is 49.4. The largest absolute Gasteiger partial charge is 1.00 e. The molecule has 0 fully saturated rings. The molecule has 3 nitrogen and oxygen atoms in total. The molecule has 0 aromatic rings. The summed E-state index contributed by atoms with van der Waals surface area (Å²) in [6, 6.07) is 0. The van der Waals surface area contributed by atoms with Crippen molar-refractivity contribution in [3.05, 3.63) is 0 Å². The Morgan fingerprint density at radius 1 is 0.531 bits per heavy atom. The van der Waals surface area contributed by atoms with E-state index in [1.807, 2.05) is 0 Å². The van der Waals surface area contributed by atoms with E-state index in [2.05, 4.69) is 13.8 Å². The van der Waals surface area contributed by atoms with E-state index < -0.39 is 15.1 Å². The predicted octanol–water partition coefficient (Wildman–Crippen LogP) is 6.21. The molecule has 0 aliphatic heterocycles. The van der Waals surface area contributed by atoms with E-state index in [-0.39, 0.29) is 42.4 Å². The first kappa shape index (κ1) is 35.0. The first-order valence-corrected chi connectivity index (χ1v) is 14.9. The molecule has 0 aliphatic rings. The SMILES string of the molecule is CCCCCCCCCCCCCCCCC(F)(CCCCCCCCC)S(=O)(=O)[O-].[Na+]. The minimum absolute atomic E-state index is 0. The maximum Gasteiger partial charge on any atom is 1.00 e. The van der Waals surface area contributed by atoms with Gasteiger partial charge < -0.3 is 4.55 Å². The summed E-state index contributed by atoms with van der Waals surface area (Å²) in [5.41, 5.74) is 0. The van der Waals surface area contributed by atoms with Crippen molar-refractivity contribution < 1.29 is 46.9 Å². The molecule has 1 atom stereocenters. The van der Waals surface area contributed by atoms with Crippen LogP contribution in [-0.2, 0) is 10.1 Å². The van der Waals surface area contributed by atoms with Crippen LogP contribution in [0.2, 0.25) is 0 Å². The van der Waals surface area contributed by atoms with Gasteiger partial charge in [0.25, 0.3) is 0 Å². The van der Waals surface area contributed by atoms with Crippen molar-refractivity contribution in [2.45, 2.75) is 167 Å². The van der Waals surface area contributed by atoms with Gasteiger partial charge in [0.15, 0.2) is 5.00 Å². The van der Waals surface area contributed by atoms with Gasteiger partial charge in [0.1, 0.15) is 10.1 Å². The number of alkyl halides is 1. The van der Waals surface area contributed by atoms with Crippen LogP contribution in [0, 0.1) is 0 Å². The minimum atomic E-state index is -4.90. The van der Waals surface area contributed by atoms with Crippen molar-refractivity contribution in [2.75, 3.05) is 0 Å². The second-order valence-corrected chi connectivity index (χ2v) is 11.2. The quantitative estimate of drug-likeness (QED) is 0.0925. The zero-order chi connectivity index (χ0) is 23.3. The van der Waals surface area contributed by atoms with Gasteiger partial charge in [-0.15, -0.1) is 0 Å². The van der Waals surface area contributed by atoms with Crippen molar-refractivity contribution in [2.24, 2.45) is 0 Å². The van der Waals surface area contributed by atoms with Crippen molar-refractivity contribution in [1.29, 1.82) is 0 Å². The molecule has 0 heterocycles. The Bertz CT molecular complexity index is 487. The molecular weight excluding hydrogens is 434 g/mol. The Morgan fingerprint density at radius 2 is 0.750 bits per heavy atom. The molecule has 0 N–H and O–H groups in total. The van der Waals surface area contributed by atoms with Gasteiger partial charge in [0.05, 0.1) is 0 Å². The number of hydrogen-bond donors (Lipinski definition) is 0. The van der Waals surface area contributed by atoms with Gasteiger partial charge in [-0.05, 0) is 25.7 Å². The Hall–Kier alpha value is 0.840. The smallest absolute Gasteiger partial charge is 0.745 e. The predicted molar refractivity (Wildman–Crippen MR) is 131 cm³/mol. The van der Waals surface area contributed by atoms with Crippen molar-refractivity contribution in [3.63, 3.8) is 0 Å². The normalized spacial score (nSPS) is 13.6. The van der Waals surface area contributed by atoms with E-state index in [9.17, 15) is 17.4 Å². The Morgan fingerprint density at radius 3 is 0.969 bits per heavy atom. The van der Waals surface area contributed by atoms with Crippen LogP contribution in [0.15, 0.2) is 0 Å². The molecule has 32 heavy (non-hydrogen) atoms.